The number of sulfonamides is 1. The van der Waals surface area contributed by atoms with Gasteiger partial charge in [0.05, 0.1) is 11.4 Å². The highest BCUT2D eigenvalue weighted by Gasteiger charge is 2.17. The second-order valence-electron chi connectivity index (χ2n) is 3.61. The number of benzene rings is 1. The fourth-order valence-electron chi connectivity index (χ4n) is 1.46. The van der Waals surface area contributed by atoms with Gasteiger partial charge in [0.25, 0.3) is 0 Å². The smallest absolute Gasteiger partial charge is 0.320 e. The molecule has 0 saturated carbocycles. The van der Waals surface area contributed by atoms with Gasteiger partial charge in [-0.1, -0.05) is 12.1 Å². The van der Waals surface area contributed by atoms with E-state index in [0.717, 1.165) is 0 Å². The second kappa shape index (κ2) is 5.06. The van der Waals surface area contributed by atoms with Gasteiger partial charge in [-0.05, 0) is 12.1 Å². The zero-order valence-corrected chi connectivity index (χ0v) is 10.4. The monoisotopic (exact) mass is 282 g/mol. The first-order valence-electron chi connectivity index (χ1n) is 5.14. The summed E-state index contributed by atoms with van der Waals surface area (Å²) in [7, 11) is -3.96. The minimum atomic E-state index is -3.96. The van der Waals surface area contributed by atoms with Crippen LogP contribution < -0.4 is 4.72 Å². The molecular formula is C10H10N4O4S. The molecule has 0 aliphatic carbocycles. The molecule has 0 aliphatic heterocycles. The maximum Gasteiger partial charge on any atom is 0.320 e. The van der Waals surface area contributed by atoms with E-state index in [4.69, 9.17) is 5.11 Å². The number of hydrogen-bond acceptors (Lipinski definition) is 5. The number of nitrogens with zero attached hydrogens (tertiary/aromatic N) is 3. The summed E-state index contributed by atoms with van der Waals surface area (Å²) in [4.78, 5) is 14.2. The molecule has 1 heterocycles. The van der Waals surface area contributed by atoms with Gasteiger partial charge >= 0.3 is 5.97 Å². The molecule has 0 unspecified atom stereocenters. The van der Waals surface area contributed by atoms with E-state index in [0.29, 0.717) is 5.69 Å². The summed E-state index contributed by atoms with van der Waals surface area (Å²) < 4.78 is 26.8. The Morgan fingerprint density at radius 3 is 2.74 bits per heavy atom. The van der Waals surface area contributed by atoms with Crippen molar-refractivity contribution in [1.29, 1.82) is 0 Å². The number of nitrogens with one attached hydrogen (secondary N) is 1. The quantitative estimate of drug-likeness (QED) is 0.803. The average molecular weight is 282 g/mol. The first kappa shape index (κ1) is 13.0. The van der Waals surface area contributed by atoms with Crippen LogP contribution in [-0.2, 0) is 14.8 Å². The Morgan fingerprint density at radius 2 is 2.11 bits per heavy atom. The van der Waals surface area contributed by atoms with Gasteiger partial charge in [-0.15, -0.1) is 0 Å². The van der Waals surface area contributed by atoms with Crippen molar-refractivity contribution < 1.29 is 18.3 Å². The molecule has 0 atom stereocenters. The summed E-state index contributed by atoms with van der Waals surface area (Å²) in [5.74, 6) is -2.43. The Bertz CT molecular complexity index is 681. The number of rotatable bonds is 5. The number of anilines is 1. The van der Waals surface area contributed by atoms with Crippen LogP contribution in [0.4, 0.5) is 5.69 Å². The van der Waals surface area contributed by atoms with Crippen molar-refractivity contribution in [3.8, 4) is 5.69 Å². The molecule has 19 heavy (non-hydrogen) atoms. The van der Waals surface area contributed by atoms with Crippen LogP contribution in [-0.4, -0.2) is 40.0 Å². The number of carbonyl (C=O) groups is 1. The molecule has 100 valence electrons. The van der Waals surface area contributed by atoms with Crippen LogP contribution in [0.25, 0.3) is 5.69 Å². The zero-order chi connectivity index (χ0) is 13.9. The Morgan fingerprint density at radius 1 is 1.37 bits per heavy atom. The summed E-state index contributed by atoms with van der Waals surface area (Å²) in [5, 5.41) is 12.4. The minimum Gasteiger partial charge on any atom is -0.480 e. The highest BCUT2D eigenvalue weighted by molar-refractivity contribution is 7.93. The summed E-state index contributed by atoms with van der Waals surface area (Å²) in [6, 6.07) is 6.47. The van der Waals surface area contributed by atoms with E-state index in [9.17, 15) is 13.2 Å². The molecule has 2 rings (SSSR count). The molecule has 0 saturated heterocycles. The summed E-state index contributed by atoms with van der Waals surface area (Å²) in [6.07, 6.45) is 2.72. The van der Waals surface area contributed by atoms with Crippen LogP contribution in [0.2, 0.25) is 0 Å². The van der Waals surface area contributed by atoms with E-state index in [1.54, 1.807) is 18.2 Å². The lowest BCUT2D eigenvalue weighted by molar-refractivity contribution is -0.134. The molecule has 1 aromatic heterocycles. The Hall–Kier alpha value is -2.42. The van der Waals surface area contributed by atoms with Crippen molar-refractivity contribution in [1.82, 2.24) is 14.8 Å². The molecule has 0 radical (unpaired) electrons. The third kappa shape index (κ3) is 3.28. The number of hydrogen-bond donors (Lipinski definition) is 2. The summed E-state index contributed by atoms with van der Waals surface area (Å²) in [6.45, 7) is 0. The maximum absolute atomic E-state index is 11.6. The van der Waals surface area contributed by atoms with Crippen LogP contribution in [0.15, 0.2) is 36.9 Å². The van der Waals surface area contributed by atoms with E-state index >= 15 is 0 Å². The second-order valence-corrected chi connectivity index (χ2v) is 5.33. The first-order valence-corrected chi connectivity index (χ1v) is 6.79. The van der Waals surface area contributed by atoms with Gasteiger partial charge in [0.15, 0.2) is 5.75 Å². The van der Waals surface area contributed by atoms with Crippen LogP contribution in [0.5, 0.6) is 0 Å². The van der Waals surface area contributed by atoms with Gasteiger partial charge in [-0.2, -0.15) is 5.10 Å². The highest BCUT2D eigenvalue weighted by Crippen LogP contribution is 2.19. The maximum atomic E-state index is 11.6. The van der Waals surface area contributed by atoms with Gasteiger partial charge < -0.3 is 5.11 Å². The lowest BCUT2D eigenvalue weighted by Crippen LogP contribution is -2.23. The van der Waals surface area contributed by atoms with E-state index in [1.165, 1.54) is 23.4 Å². The molecule has 0 spiro atoms. The van der Waals surface area contributed by atoms with Crippen molar-refractivity contribution in [3.63, 3.8) is 0 Å². The third-order valence-electron chi connectivity index (χ3n) is 2.15. The average Bonchev–Trinajstić information content (AvgIpc) is 2.80. The Balaban J connectivity index is 2.34. The Kier molecular flexibility index (Phi) is 3.47. The largest absolute Gasteiger partial charge is 0.480 e. The van der Waals surface area contributed by atoms with Crippen LogP contribution in [0.3, 0.4) is 0 Å². The third-order valence-corrected chi connectivity index (χ3v) is 3.31. The van der Waals surface area contributed by atoms with Crippen molar-refractivity contribution >= 4 is 21.7 Å². The van der Waals surface area contributed by atoms with E-state index in [2.05, 4.69) is 14.8 Å². The van der Waals surface area contributed by atoms with Crippen LogP contribution in [0.1, 0.15) is 0 Å². The molecule has 2 N–H and O–H groups in total. The zero-order valence-electron chi connectivity index (χ0n) is 9.59. The SMILES string of the molecule is O=C(O)CS(=O)(=O)Nc1ccccc1-n1cncn1. The summed E-state index contributed by atoms with van der Waals surface area (Å²) in [5.41, 5.74) is 0.684. The number of carboxylic acid groups (broad SMARTS) is 1. The molecule has 0 bridgehead atoms. The lowest BCUT2D eigenvalue weighted by Gasteiger charge is -2.10. The molecule has 0 amide bonds. The first-order chi connectivity index (χ1) is 8.98. The van der Waals surface area contributed by atoms with Crippen molar-refractivity contribution in [3.05, 3.63) is 36.9 Å². The number of aliphatic carboxylic acids is 1. The predicted octanol–water partition coefficient (Wildman–Crippen LogP) is 0.0936. The molecule has 2 aromatic rings. The number of para-hydroxylation sites is 2. The molecule has 8 nitrogen and oxygen atoms in total. The van der Waals surface area contributed by atoms with Gasteiger partial charge in [0.2, 0.25) is 10.0 Å². The van der Waals surface area contributed by atoms with Gasteiger partial charge in [-0.3, -0.25) is 9.52 Å². The normalized spacial score (nSPS) is 11.2. The summed E-state index contributed by atoms with van der Waals surface area (Å²) >= 11 is 0. The van der Waals surface area contributed by atoms with Crippen LogP contribution in [0, 0.1) is 0 Å². The highest BCUT2D eigenvalue weighted by atomic mass is 32.2. The van der Waals surface area contributed by atoms with Gasteiger partial charge in [0, 0.05) is 0 Å². The Labute approximate surface area is 108 Å². The van der Waals surface area contributed by atoms with E-state index in [1.807, 2.05) is 0 Å². The number of aromatic nitrogens is 3. The van der Waals surface area contributed by atoms with Gasteiger partial charge in [0.1, 0.15) is 12.7 Å². The molecule has 9 heteroatoms. The lowest BCUT2D eigenvalue weighted by atomic mass is 10.3. The predicted molar refractivity (Wildman–Crippen MR) is 66.4 cm³/mol. The molecular weight excluding hydrogens is 272 g/mol. The van der Waals surface area contributed by atoms with Crippen molar-refractivity contribution in [2.45, 2.75) is 0 Å². The fraction of sp³-hybridized carbons (Fsp3) is 0.100. The van der Waals surface area contributed by atoms with E-state index in [-0.39, 0.29) is 5.69 Å². The van der Waals surface area contributed by atoms with Gasteiger partial charge in [-0.25, -0.2) is 18.1 Å². The fourth-order valence-corrected chi connectivity index (χ4v) is 2.36. The van der Waals surface area contributed by atoms with Crippen molar-refractivity contribution in [2.75, 3.05) is 10.5 Å². The molecule has 1 aromatic carbocycles. The number of carboxylic acids is 1. The van der Waals surface area contributed by atoms with E-state index < -0.39 is 21.7 Å². The minimum absolute atomic E-state index is 0.231. The molecule has 0 aliphatic rings. The topological polar surface area (TPSA) is 114 Å². The molecule has 0 fully saturated rings. The van der Waals surface area contributed by atoms with Crippen molar-refractivity contribution in [2.24, 2.45) is 0 Å². The standard InChI is InChI=1S/C10H10N4O4S/c15-10(16)5-19(17,18)13-8-3-1-2-4-9(8)14-7-11-6-12-14/h1-4,6-7,13H,5H2,(H,15,16). The van der Waals surface area contributed by atoms with Crippen LogP contribution >= 0.6 is 0 Å².